The predicted molar refractivity (Wildman–Crippen MR) is 91.9 cm³/mol. The summed E-state index contributed by atoms with van der Waals surface area (Å²) in [6, 6.07) is 5.41. The maximum Gasteiger partial charge on any atom is 0.320 e. The molecular formula is C18H22N4O3. The normalized spacial score (nSPS) is 23.9. The molecule has 2 aliphatic rings. The molecule has 2 aromatic rings. The number of carbonyl (C=O) groups excluding carboxylic acids is 1. The minimum absolute atomic E-state index is 0.0687. The van der Waals surface area contributed by atoms with Crippen LogP contribution in [0, 0.1) is 0 Å². The van der Waals surface area contributed by atoms with Gasteiger partial charge in [0.2, 0.25) is 5.91 Å². The van der Waals surface area contributed by atoms with Crippen LogP contribution in [0.1, 0.15) is 31.2 Å². The van der Waals surface area contributed by atoms with Crippen molar-refractivity contribution in [3.8, 4) is 0 Å². The number of rotatable bonds is 5. The second-order valence-corrected chi connectivity index (χ2v) is 7.00. The maximum absolute atomic E-state index is 12.6. The number of nitrogens with zero attached hydrogens (tertiary/aromatic N) is 3. The third kappa shape index (κ3) is 3.00. The zero-order chi connectivity index (χ0) is 17.6. The molecule has 0 radical (unpaired) electrons. The Kier molecular flexibility index (Phi) is 3.95. The fourth-order valence-electron chi connectivity index (χ4n) is 3.84. The number of carbonyl (C=O) groups is 2. The SMILES string of the molecule is Cn1ncc2ccc(CNC(=O)C3CCC(C(=O)O)N3C3CC3)cc21. The van der Waals surface area contributed by atoms with Gasteiger partial charge in [-0.2, -0.15) is 5.10 Å². The minimum atomic E-state index is -0.816. The molecule has 25 heavy (non-hydrogen) atoms. The molecule has 1 aromatic heterocycles. The van der Waals surface area contributed by atoms with Gasteiger partial charge in [-0.1, -0.05) is 12.1 Å². The van der Waals surface area contributed by atoms with E-state index < -0.39 is 12.0 Å². The van der Waals surface area contributed by atoms with Crippen molar-refractivity contribution in [1.82, 2.24) is 20.0 Å². The molecule has 2 atom stereocenters. The molecule has 2 heterocycles. The summed E-state index contributed by atoms with van der Waals surface area (Å²) in [6.45, 7) is 0.437. The molecular weight excluding hydrogens is 320 g/mol. The number of aryl methyl sites for hydroxylation is 1. The summed E-state index contributed by atoms with van der Waals surface area (Å²) in [7, 11) is 1.89. The van der Waals surface area contributed by atoms with Gasteiger partial charge in [-0.05, 0) is 37.3 Å². The maximum atomic E-state index is 12.6. The summed E-state index contributed by atoms with van der Waals surface area (Å²) in [5, 5.41) is 17.7. The molecule has 132 valence electrons. The summed E-state index contributed by atoms with van der Waals surface area (Å²) >= 11 is 0. The monoisotopic (exact) mass is 342 g/mol. The number of benzene rings is 1. The van der Waals surface area contributed by atoms with Crippen molar-refractivity contribution in [2.45, 2.75) is 50.4 Å². The Bertz CT molecular complexity index is 827. The van der Waals surface area contributed by atoms with Crippen LogP contribution in [0.5, 0.6) is 0 Å². The summed E-state index contributed by atoms with van der Waals surface area (Å²) in [4.78, 5) is 26.0. The molecule has 7 heteroatoms. The Labute approximate surface area is 145 Å². The minimum Gasteiger partial charge on any atom is -0.480 e. The van der Waals surface area contributed by atoms with Crippen LogP contribution in [0.15, 0.2) is 24.4 Å². The molecule has 2 fully saturated rings. The van der Waals surface area contributed by atoms with Gasteiger partial charge in [-0.15, -0.1) is 0 Å². The highest BCUT2D eigenvalue weighted by Crippen LogP contribution is 2.37. The largest absolute Gasteiger partial charge is 0.480 e. The lowest BCUT2D eigenvalue weighted by atomic mass is 10.1. The van der Waals surface area contributed by atoms with Gasteiger partial charge < -0.3 is 10.4 Å². The third-order valence-corrected chi connectivity index (χ3v) is 5.27. The molecule has 1 aliphatic heterocycles. The van der Waals surface area contributed by atoms with Gasteiger partial charge in [0.1, 0.15) is 6.04 Å². The van der Waals surface area contributed by atoms with Gasteiger partial charge in [0, 0.05) is 25.0 Å². The zero-order valence-electron chi connectivity index (χ0n) is 14.2. The van der Waals surface area contributed by atoms with Crippen molar-refractivity contribution < 1.29 is 14.7 Å². The number of hydrogen-bond acceptors (Lipinski definition) is 4. The van der Waals surface area contributed by atoms with Gasteiger partial charge in [0.25, 0.3) is 0 Å². The molecule has 1 aliphatic carbocycles. The molecule has 1 saturated heterocycles. The van der Waals surface area contributed by atoms with E-state index >= 15 is 0 Å². The summed E-state index contributed by atoms with van der Waals surface area (Å²) < 4.78 is 1.81. The quantitative estimate of drug-likeness (QED) is 0.854. The molecule has 2 unspecified atom stereocenters. The van der Waals surface area contributed by atoms with Crippen LogP contribution >= 0.6 is 0 Å². The van der Waals surface area contributed by atoms with Crippen molar-refractivity contribution in [3.05, 3.63) is 30.0 Å². The van der Waals surface area contributed by atoms with E-state index in [2.05, 4.69) is 10.4 Å². The number of carboxylic acids is 1. The standard InChI is InChI=1S/C18H22N4O3/c1-21-16-8-11(2-3-12(16)10-20-21)9-19-17(23)14-6-7-15(18(24)25)22(14)13-4-5-13/h2-3,8,10,13-15H,4-7,9H2,1H3,(H,19,23)(H,24,25). The van der Waals surface area contributed by atoms with E-state index in [1.807, 2.05) is 41.0 Å². The lowest BCUT2D eigenvalue weighted by Gasteiger charge is -2.27. The van der Waals surface area contributed by atoms with Gasteiger partial charge in [0.05, 0.1) is 17.8 Å². The highest BCUT2D eigenvalue weighted by Gasteiger charge is 2.48. The van der Waals surface area contributed by atoms with E-state index in [4.69, 9.17) is 0 Å². The van der Waals surface area contributed by atoms with Crippen LogP contribution in [0.3, 0.4) is 0 Å². The number of aliphatic carboxylic acids is 1. The first-order chi connectivity index (χ1) is 12.0. The van der Waals surface area contributed by atoms with Crippen molar-refractivity contribution in [1.29, 1.82) is 0 Å². The van der Waals surface area contributed by atoms with Crippen LogP contribution in [0.25, 0.3) is 10.9 Å². The Morgan fingerprint density at radius 1 is 1.24 bits per heavy atom. The Hall–Kier alpha value is -2.41. The summed E-state index contributed by atoms with van der Waals surface area (Å²) in [6.07, 6.45) is 4.95. The number of hydrogen-bond donors (Lipinski definition) is 2. The van der Waals surface area contributed by atoms with E-state index in [0.29, 0.717) is 19.4 Å². The van der Waals surface area contributed by atoms with Gasteiger partial charge in [-0.3, -0.25) is 19.2 Å². The van der Waals surface area contributed by atoms with E-state index in [1.165, 1.54) is 0 Å². The highest BCUT2D eigenvalue weighted by atomic mass is 16.4. The van der Waals surface area contributed by atoms with E-state index in [1.54, 1.807) is 0 Å². The molecule has 4 rings (SSSR count). The van der Waals surface area contributed by atoms with Crippen molar-refractivity contribution in [2.24, 2.45) is 7.05 Å². The first kappa shape index (κ1) is 16.1. The average molecular weight is 342 g/mol. The number of fused-ring (bicyclic) bond motifs is 1. The first-order valence-electron chi connectivity index (χ1n) is 8.73. The Balaban J connectivity index is 1.44. The lowest BCUT2D eigenvalue weighted by Crippen LogP contribution is -2.49. The van der Waals surface area contributed by atoms with Crippen molar-refractivity contribution in [2.75, 3.05) is 0 Å². The average Bonchev–Trinajstić information content (AvgIpc) is 3.23. The third-order valence-electron chi connectivity index (χ3n) is 5.27. The second kappa shape index (κ2) is 6.15. The van der Waals surface area contributed by atoms with E-state index in [9.17, 15) is 14.7 Å². The second-order valence-electron chi connectivity index (χ2n) is 7.00. The summed E-state index contributed by atoms with van der Waals surface area (Å²) in [5.41, 5.74) is 2.04. The lowest BCUT2D eigenvalue weighted by molar-refractivity contribution is -0.143. The number of carboxylic acid groups (broad SMARTS) is 1. The molecule has 1 amide bonds. The van der Waals surface area contributed by atoms with Crippen molar-refractivity contribution >= 4 is 22.8 Å². The van der Waals surface area contributed by atoms with Gasteiger partial charge in [-0.25, -0.2) is 0 Å². The number of nitrogens with one attached hydrogen (secondary N) is 1. The number of amides is 1. The summed E-state index contributed by atoms with van der Waals surface area (Å²) in [5.74, 6) is -0.885. The molecule has 0 spiro atoms. The topological polar surface area (TPSA) is 87.5 Å². The predicted octanol–water partition coefficient (Wildman–Crippen LogP) is 1.27. The van der Waals surface area contributed by atoms with Gasteiger partial charge >= 0.3 is 5.97 Å². The zero-order valence-corrected chi connectivity index (χ0v) is 14.2. The number of likely N-dealkylation sites (tertiary alicyclic amines) is 1. The fourth-order valence-corrected chi connectivity index (χ4v) is 3.84. The molecule has 0 bridgehead atoms. The molecule has 7 nitrogen and oxygen atoms in total. The van der Waals surface area contributed by atoms with E-state index in [-0.39, 0.29) is 18.0 Å². The Morgan fingerprint density at radius 2 is 2.00 bits per heavy atom. The highest BCUT2D eigenvalue weighted by molar-refractivity contribution is 5.85. The Morgan fingerprint density at radius 3 is 2.72 bits per heavy atom. The van der Waals surface area contributed by atoms with Crippen LogP contribution in [0.4, 0.5) is 0 Å². The van der Waals surface area contributed by atoms with Crippen molar-refractivity contribution in [3.63, 3.8) is 0 Å². The molecule has 1 aromatic carbocycles. The van der Waals surface area contributed by atoms with E-state index in [0.717, 1.165) is 29.3 Å². The molecule has 2 N–H and O–H groups in total. The fraction of sp³-hybridized carbons (Fsp3) is 0.500. The first-order valence-corrected chi connectivity index (χ1v) is 8.73. The van der Waals surface area contributed by atoms with Crippen LogP contribution in [-0.2, 0) is 23.2 Å². The van der Waals surface area contributed by atoms with Crippen LogP contribution < -0.4 is 5.32 Å². The van der Waals surface area contributed by atoms with Crippen LogP contribution in [-0.4, -0.2) is 49.8 Å². The smallest absolute Gasteiger partial charge is 0.320 e. The molecule has 1 saturated carbocycles. The van der Waals surface area contributed by atoms with Gasteiger partial charge in [0.15, 0.2) is 0 Å². The number of aromatic nitrogens is 2. The van der Waals surface area contributed by atoms with Crippen LogP contribution in [0.2, 0.25) is 0 Å².